The van der Waals surface area contributed by atoms with Crippen LogP contribution in [0.5, 0.6) is 0 Å². The van der Waals surface area contributed by atoms with Gasteiger partial charge in [-0.1, -0.05) is 12.1 Å². The van der Waals surface area contributed by atoms with Gasteiger partial charge in [0.1, 0.15) is 0 Å². The number of rotatable bonds is 2. The number of hydrogen-bond donors (Lipinski definition) is 0. The first kappa shape index (κ1) is 14.8. The van der Waals surface area contributed by atoms with Crippen molar-refractivity contribution in [1.82, 2.24) is 0 Å². The van der Waals surface area contributed by atoms with Crippen LogP contribution in [-0.2, 0) is 16.5 Å². The largest absolute Gasteiger partial charge is 1.00 e. The minimum absolute atomic E-state index is 0. The van der Waals surface area contributed by atoms with E-state index >= 15 is 0 Å². The minimum Gasteiger partial charge on any atom is -0.768 e. The zero-order valence-electron chi connectivity index (χ0n) is 8.98. The molecule has 0 saturated heterocycles. The molecule has 0 N–H and O–H groups in total. The molecule has 1 rings (SSSR count). The van der Waals surface area contributed by atoms with Gasteiger partial charge >= 0.3 is 29.6 Å². The molecule has 0 spiro atoms. The Balaban J connectivity index is 0.00000196. The fourth-order valence-electron chi connectivity index (χ4n) is 1.05. The second-order valence-corrected chi connectivity index (χ2v) is 4.44. The fraction of sp³-hybridized carbons (Fsp3) is 0.300. The van der Waals surface area contributed by atoms with E-state index in [-0.39, 0.29) is 34.5 Å². The van der Waals surface area contributed by atoms with E-state index in [0.717, 1.165) is 5.56 Å². The van der Waals surface area contributed by atoms with Crippen LogP contribution in [0, 0.1) is 11.3 Å². The normalized spacial score (nSPS) is 12.4. The molecule has 1 aromatic carbocycles. The molecule has 15 heavy (non-hydrogen) atoms. The summed E-state index contributed by atoms with van der Waals surface area (Å²) in [4.78, 5) is 0.238. The molecule has 0 fully saturated rings. The molecule has 0 heterocycles. The van der Waals surface area contributed by atoms with Gasteiger partial charge in [-0.05, 0) is 42.6 Å². The molecular weight excluding hydrogens is 221 g/mol. The molecule has 1 atom stereocenters. The third-order valence-electron chi connectivity index (χ3n) is 2.05. The Morgan fingerprint density at radius 2 is 1.80 bits per heavy atom. The summed E-state index contributed by atoms with van der Waals surface area (Å²) in [5, 5.41) is 8.85. The summed E-state index contributed by atoms with van der Waals surface area (Å²) >= 11 is -2.20. The predicted molar refractivity (Wildman–Crippen MR) is 52.3 cm³/mol. The van der Waals surface area contributed by atoms with Crippen molar-refractivity contribution in [3.63, 3.8) is 0 Å². The molecule has 0 aliphatic carbocycles. The standard InChI is InChI=1S/C10H11NO2S.Na/c1-10(2,7-11)8-3-5-9(6-4-8)14(12)13;/h3-6H,1-2H3,(H,12,13);/q;+1/p-1. The van der Waals surface area contributed by atoms with Crippen LogP contribution in [0.3, 0.4) is 0 Å². The summed E-state index contributed by atoms with van der Waals surface area (Å²) in [5.41, 5.74) is 0.234. The van der Waals surface area contributed by atoms with E-state index in [1.807, 2.05) is 0 Å². The van der Waals surface area contributed by atoms with Crippen LogP contribution in [0.4, 0.5) is 0 Å². The summed E-state index contributed by atoms with van der Waals surface area (Å²) in [6.45, 7) is 3.58. The third-order valence-corrected chi connectivity index (χ3v) is 2.71. The third kappa shape index (κ3) is 3.71. The van der Waals surface area contributed by atoms with Gasteiger partial charge in [0.15, 0.2) is 0 Å². The maximum absolute atomic E-state index is 10.6. The zero-order valence-corrected chi connectivity index (χ0v) is 11.8. The molecule has 0 amide bonds. The summed E-state index contributed by atoms with van der Waals surface area (Å²) in [5.74, 6) is 0. The predicted octanol–water partition coefficient (Wildman–Crippen LogP) is -1.27. The van der Waals surface area contributed by atoms with Crippen molar-refractivity contribution in [2.45, 2.75) is 24.2 Å². The molecule has 0 radical (unpaired) electrons. The first-order chi connectivity index (χ1) is 6.47. The Kier molecular flexibility index (Phi) is 5.71. The average Bonchev–Trinajstić information content (AvgIpc) is 2.18. The van der Waals surface area contributed by atoms with Crippen LogP contribution < -0.4 is 29.6 Å². The van der Waals surface area contributed by atoms with E-state index in [2.05, 4.69) is 6.07 Å². The van der Waals surface area contributed by atoms with Crippen LogP contribution >= 0.6 is 0 Å². The second kappa shape index (κ2) is 5.78. The van der Waals surface area contributed by atoms with E-state index < -0.39 is 16.5 Å². The van der Waals surface area contributed by atoms with Crippen molar-refractivity contribution in [2.75, 3.05) is 0 Å². The SMILES string of the molecule is CC(C)(C#N)c1ccc(S(=O)[O-])cc1.[Na+]. The number of nitriles is 1. The minimum atomic E-state index is -2.20. The molecule has 1 unspecified atom stereocenters. The molecule has 3 nitrogen and oxygen atoms in total. The Bertz CT molecular complexity index is 395. The first-order valence-corrected chi connectivity index (χ1v) is 5.16. The quantitative estimate of drug-likeness (QED) is 0.471. The van der Waals surface area contributed by atoms with Gasteiger partial charge < -0.3 is 4.55 Å². The Morgan fingerprint density at radius 3 is 2.13 bits per heavy atom. The van der Waals surface area contributed by atoms with Crippen molar-refractivity contribution in [1.29, 1.82) is 5.26 Å². The van der Waals surface area contributed by atoms with E-state index in [4.69, 9.17) is 5.26 Å². The molecule has 0 bridgehead atoms. The van der Waals surface area contributed by atoms with Gasteiger partial charge in [-0.3, -0.25) is 4.21 Å². The smallest absolute Gasteiger partial charge is 0.768 e. The molecule has 0 aliphatic rings. The summed E-state index contributed by atoms with van der Waals surface area (Å²) in [7, 11) is 0. The van der Waals surface area contributed by atoms with Crippen LogP contribution in [-0.4, -0.2) is 8.76 Å². The van der Waals surface area contributed by atoms with Gasteiger partial charge in [0.05, 0.1) is 11.5 Å². The maximum atomic E-state index is 10.6. The van der Waals surface area contributed by atoms with Gasteiger partial charge in [-0.15, -0.1) is 0 Å². The van der Waals surface area contributed by atoms with Crippen molar-refractivity contribution >= 4 is 11.1 Å². The first-order valence-electron chi connectivity index (χ1n) is 4.08. The van der Waals surface area contributed by atoms with E-state index in [0.29, 0.717) is 0 Å². The van der Waals surface area contributed by atoms with Crippen LogP contribution in [0.2, 0.25) is 0 Å². The molecule has 1 aromatic rings. The van der Waals surface area contributed by atoms with Gasteiger partial charge in [0.2, 0.25) is 0 Å². The Morgan fingerprint density at radius 1 is 1.33 bits per heavy atom. The molecule has 0 aromatic heterocycles. The van der Waals surface area contributed by atoms with E-state index in [9.17, 15) is 8.76 Å². The van der Waals surface area contributed by atoms with E-state index in [1.165, 1.54) is 12.1 Å². The molecule has 0 saturated carbocycles. The monoisotopic (exact) mass is 231 g/mol. The van der Waals surface area contributed by atoms with Gasteiger partial charge in [0.25, 0.3) is 0 Å². The van der Waals surface area contributed by atoms with Crippen LogP contribution in [0.15, 0.2) is 29.2 Å². The van der Waals surface area contributed by atoms with Gasteiger partial charge in [-0.2, -0.15) is 5.26 Å². The zero-order chi connectivity index (χ0) is 10.8. The van der Waals surface area contributed by atoms with Crippen LogP contribution in [0.1, 0.15) is 19.4 Å². The van der Waals surface area contributed by atoms with E-state index in [1.54, 1.807) is 26.0 Å². The van der Waals surface area contributed by atoms with Crippen molar-refractivity contribution in [2.24, 2.45) is 0 Å². The fourth-order valence-corrected chi connectivity index (χ4v) is 1.41. The number of hydrogen-bond acceptors (Lipinski definition) is 3. The Labute approximate surface area is 114 Å². The molecule has 74 valence electrons. The molecule has 5 heteroatoms. The van der Waals surface area contributed by atoms with Gasteiger partial charge in [-0.25, -0.2) is 0 Å². The molecular formula is C10H10NNaO2S. The summed E-state index contributed by atoms with van der Waals surface area (Å²) in [6, 6.07) is 8.47. The molecule has 0 aliphatic heterocycles. The van der Waals surface area contributed by atoms with Crippen molar-refractivity contribution in [3.05, 3.63) is 29.8 Å². The second-order valence-electron chi connectivity index (χ2n) is 3.50. The van der Waals surface area contributed by atoms with Crippen LogP contribution in [0.25, 0.3) is 0 Å². The topological polar surface area (TPSA) is 63.9 Å². The summed E-state index contributed by atoms with van der Waals surface area (Å²) in [6.07, 6.45) is 0. The average molecular weight is 231 g/mol. The van der Waals surface area contributed by atoms with Gasteiger partial charge in [0, 0.05) is 4.90 Å². The summed E-state index contributed by atoms with van der Waals surface area (Å²) < 4.78 is 21.1. The number of benzene rings is 1. The van der Waals surface area contributed by atoms with Crippen molar-refractivity contribution < 1.29 is 38.3 Å². The maximum Gasteiger partial charge on any atom is 1.00 e. The Hall–Kier alpha value is -0.180. The van der Waals surface area contributed by atoms with Crippen molar-refractivity contribution in [3.8, 4) is 6.07 Å². The number of nitrogens with zero attached hydrogens (tertiary/aromatic N) is 1.